The number of carbonyl (C=O) groups is 2. The molecule has 126 valence electrons. The Morgan fingerprint density at radius 1 is 0.920 bits per heavy atom. The number of nitrogens with zero attached hydrogens (tertiary/aromatic N) is 1. The summed E-state index contributed by atoms with van der Waals surface area (Å²) in [6.45, 7) is -0.245. The summed E-state index contributed by atoms with van der Waals surface area (Å²) in [5.74, 6) is 0.106. The number of para-hydroxylation sites is 1. The van der Waals surface area contributed by atoms with E-state index in [1.165, 1.54) is 0 Å². The Kier molecular flexibility index (Phi) is 4.80. The molecule has 3 aromatic rings. The number of hydrazine groups is 1. The number of urea groups is 1. The van der Waals surface area contributed by atoms with Gasteiger partial charge in [0.05, 0.1) is 5.69 Å². The van der Waals surface area contributed by atoms with Crippen LogP contribution in [-0.4, -0.2) is 18.5 Å². The highest BCUT2D eigenvalue weighted by Gasteiger charge is 2.16. The molecule has 0 aliphatic rings. The van der Waals surface area contributed by atoms with Gasteiger partial charge in [-0.3, -0.25) is 10.2 Å². The van der Waals surface area contributed by atoms with E-state index < -0.39 is 11.9 Å². The number of ether oxygens (including phenoxy) is 1. The van der Waals surface area contributed by atoms with Crippen LogP contribution in [0, 0.1) is 0 Å². The monoisotopic (exact) mass is 335 g/mol. The van der Waals surface area contributed by atoms with E-state index in [9.17, 15) is 9.59 Å². The van der Waals surface area contributed by atoms with Crippen LogP contribution in [0.3, 0.4) is 0 Å². The highest BCUT2D eigenvalue weighted by molar-refractivity contribution is 5.94. The van der Waals surface area contributed by atoms with Gasteiger partial charge in [0.2, 0.25) is 0 Å². The average Bonchev–Trinajstić information content (AvgIpc) is 2.65. The number of nitrogens with two attached hydrogens (primary N) is 1. The number of amides is 3. The highest BCUT2D eigenvalue weighted by Crippen LogP contribution is 2.24. The Morgan fingerprint density at radius 3 is 2.36 bits per heavy atom. The second-order valence-electron chi connectivity index (χ2n) is 5.31. The van der Waals surface area contributed by atoms with Gasteiger partial charge in [0.15, 0.2) is 6.61 Å². The fourth-order valence-corrected chi connectivity index (χ4v) is 2.45. The van der Waals surface area contributed by atoms with Gasteiger partial charge in [-0.15, -0.1) is 0 Å². The highest BCUT2D eigenvalue weighted by atomic mass is 16.5. The van der Waals surface area contributed by atoms with Crippen LogP contribution in [0.5, 0.6) is 5.75 Å². The standard InChI is InChI=1S/C19H17N3O3/c20-19(24)22(15-9-2-1-3-10-15)21-18(23)13-25-17-12-6-8-14-7-4-5-11-16(14)17/h1-12H,13H2,(H2,20,24)(H,21,23). The first-order valence-corrected chi connectivity index (χ1v) is 7.70. The van der Waals surface area contributed by atoms with Crippen LogP contribution < -0.4 is 20.9 Å². The number of hydrogen-bond donors (Lipinski definition) is 2. The van der Waals surface area contributed by atoms with Crippen molar-refractivity contribution >= 4 is 28.4 Å². The van der Waals surface area contributed by atoms with E-state index in [0.29, 0.717) is 11.4 Å². The van der Waals surface area contributed by atoms with Crippen molar-refractivity contribution in [3.63, 3.8) is 0 Å². The molecule has 0 aromatic heterocycles. The third kappa shape index (κ3) is 3.87. The first kappa shape index (κ1) is 16.3. The van der Waals surface area contributed by atoms with Gasteiger partial charge in [0.1, 0.15) is 5.75 Å². The van der Waals surface area contributed by atoms with Crippen LogP contribution in [-0.2, 0) is 4.79 Å². The SMILES string of the molecule is NC(=O)N(NC(=O)COc1cccc2ccccc12)c1ccccc1. The quantitative estimate of drug-likeness (QED) is 0.719. The van der Waals surface area contributed by atoms with Crippen molar-refractivity contribution in [3.05, 3.63) is 72.8 Å². The van der Waals surface area contributed by atoms with E-state index in [0.717, 1.165) is 15.8 Å². The van der Waals surface area contributed by atoms with Gasteiger partial charge < -0.3 is 10.5 Å². The lowest BCUT2D eigenvalue weighted by Gasteiger charge is -2.21. The topological polar surface area (TPSA) is 84.7 Å². The van der Waals surface area contributed by atoms with E-state index in [2.05, 4.69) is 5.43 Å². The zero-order valence-electron chi connectivity index (χ0n) is 13.4. The molecule has 3 rings (SSSR count). The maximum Gasteiger partial charge on any atom is 0.338 e. The number of primary amides is 1. The maximum atomic E-state index is 12.2. The van der Waals surface area contributed by atoms with Crippen molar-refractivity contribution in [2.24, 2.45) is 5.73 Å². The van der Waals surface area contributed by atoms with Crippen LogP contribution in [0.2, 0.25) is 0 Å². The minimum absolute atomic E-state index is 0.245. The largest absolute Gasteiger partial charge is 0.483 e. The molecule has 0 aliphatic heterocycles. The lowest BCUT2D eigenvalue weighted by atomic mass is 10.1. The molecule has 6 nitrogen and oxygen atoms in total. The lowest BCUT2D eigenvalue weighted by Crippen LogP contribution is -2.50. The molecule has 0 atom stereocenters. The third-order valence-corrected chi connectivity index (χ3v) is 3.58. The summed E-state index contributed by atoms with van der Waals surface area (Å²) in [6, 6.07) is 21.2. The molecule has 0 heterocycles. The number of benzene rings is 3. The minimum atomic E-state index is -0.787. The van der Waals surface area contributed by atoms with Gasteiger partial charge in [-0.1, -0.05) is 54.6 Å². The van der Waals surface area contributed by atoms with Crippen molar-refractivity contribution in [2.75, 3.05) is 11.6 Å². The summed E-state index contributed by atoms with van der Waals surface area (Å²) in [5.41, 5.74) is 8.24. The van der Waals surface area contributed by atoms with Crippen molar-refractivity contribution in [1.82, 2.24) is 5.43 Å². The molecule has 0 aliphatic carbocycles. The second-order valence-corrected chi connectivity index (χ2v) is 5.31. The normalized spacial score (nSPS) is 10.2. The molecule has 0 unspecified atom stereocenters. The van der Waals surface area contributed by atoms with E-state index in [1.54, 1.807) is 36.4 Å². The van der Waals surface area contributed by atoms with Gasteiger partial charge in [-0.05, 0) is 23.6 Å². The molecule has 6 heteroatoms. The Bertz CT molecular complexity index is 891. The summed E-state index contributed by atoms with van der Waals surface area (Å²) in [6.07, 6.45) is 0. The molecular weight excluding hydrogens is 318 g/mol. The van der Waals surface area contributed by atoms with Crippen LogP contribution >= 0.6 is 0 Å². The number of nitrogens with one attached hydrogen (secondary N) is 1. The Labute approximate surface area is 144 Å². The van der Waals surface area contributed by atoms with E-state index in [1.807, 2.05) is 36.4 Å². The minimum Gasteiger partial charge on any atom is -0.483 e. The zero-order chi connectivity index (χ0) is 17.6. The van der Waals surface area contributed by atoms with Crippen LogP contribution in [0.25, 0.3) is 10.8 Å². The van der Waals surface area contributed by atoms with Gasteiger partial charge in [0.25, 0.3) is 5.91 Å². The second kappa shape index (κ2) is 7.35. The molecule has 25 heavy (non-hydrogen) atoms. The van der Waals surface area contributed by atoms with Crippen LogP contribution in [0.15, 0.2) is 72.8 Å². The number of anilines is 1. The Morgan fingerprint density at radius 2 is 1.60 bits per heavy atom. The predicted molar refractivity (Wildman–Crippen MR) is 96.1 cm³/mol. The zero-order valence-corrected chi connectivity index (χ0v) is 13.4. The van der Waals surface area contributed by atoms with Gasteiger partial charge in [-0.2, -0.15) is 0 Å². The molecule has 3 amide bonds. The van der Waals surface area contributed by atoms with Crippen molar-refractivity contribution in [2.45, 2.75) is 0 Å². The number of hydrogen-bond acceptors (Lipinski definition) is 3. The van der Waals surface area contributed by atoms with Crippen molar-refractivity contribution in [3.8, 4) is 5.75 Å². The molecule has 0 saturated heterocycles. The number of carbonyl (C=O) groups excluding carboxylic acids is 2. The first-order valence-electron chi connectivity index (χ1n) is 7.70. The van der Waals surface area contributed by atoms with Crippen LogP contribution in [0.1, 0.15) is 0 Å². The van der Waals surface area contributed by atoms with Crippen molar-refractivity contribution in [1.29, 1.82) is 0 Å². The molecule has 0 spiro atoms. The van der Waals surface area contributed by atoms with E-state index >= 15 is 0 Å². The lowest BCUT2D eigenvalue weighted by molar-refractivity contribution is -0.123. The van der Waals surface area contributed by atoms with Crippen LogP contribution in [0.4, 0.5) is 10.5 Å². The summed E-state index contributed by atoms with van der Waals surface area (Å²) >= 11 is 0. The Balaban J connectivity index is 1.68. The summed E-state index contributed by atoms with van der Waals surface area (Å²) < 4.78 is 5.61. The smallest absolute Gasteiger partial charge is 0.338 e. The predicted octanol–water partition coefficient (Wildman–Crippen LogP) is 2.84. The Hall–Kier alpha value is -3.54. The molecule has 3 N–H and O–H groups in total. The number of fused-ring (bicyclic) bond motifs is 1. The first-order chi connectivity index (χ1) is 12.1. The van der Waals surface area contributed by atoms with Gasteiger partial charge in [-0.25, -0.2) is 9.80 Å². The third-order valence-electron chi connectivity index (χ3n) is 3.58. The van der Waals surface area contributed by atoms with Gasteiger partial charge >= 0.3 is 6.03 Å². The van der Waals surface area contributed by atoms with Crippen molar-refractivity contribution < 1.29 is 14.3 Å². The molecule has 0 saturated carbocycles. The molecular formula is C19H17N3O3. The molecule has 0 fully saturated rings. The summed E-state index contributed by atoms with van der Waals surface area (Å²) in [7, 11) is 0. The fourth-order valence-electron chi connectivity index (χ4n) is 2.45. The van der Waals surface area contributed by atoms with E-state index in [-0.39, 0.29) is 6.61 Å². The average molecular weight is 335 g/mol. The summed E-state index contributed by atoms with van der Waals surface area (Å²) in [5, 5.41) is 2.91. The molecule has 0 radical (unpaired) electrons. The fraction of sp³-hybridized carbons (Fsp3) is 0.0526. The number of rotatable bonds is 4. The summed E-state index contributed by atoms with van der Waals surface area (Å²) in [4.78, 5) is 23.7. The van der Waals surface area contributed by atoms with Gasteiger partial charge in [0, 0.05) is 5.39 Å². The van der Waals surface area contributed by atoms with E-state index in [4.69, 9.17) is 10.5 Å². The molecule has 3 aromatic carbocycles. The molecule has 0 bridgehead atoms. The maximum absolute atomic E-state index is 12.2.